The maximum Gasteiger partial charge on any atom is 0.347 e. The quantitative estimate of drug-likeness (QED) is 0.378. The van der Waals surface area contributed by atoms with Gasteiger partial charge in [-0.05, 0) is 13.0 Å². The minimum atomic E-state index is -0.784. The summed E-state index contributed by atoms with van der Waals surface area (Å²) in [6.07, 6.45) is 0. The van der Waals surface area contributed by atoms with Gasteiger partial charge in [0.2, 0.25) is 11.7 Å². The molecule has 8 nitrogen and oxygen atoms in total. The highest BCUT2D eigenvalue weighted by Crippen LogP contribution is 2.23. The van der Waals surface area contributed by atoms with Crippen molar-refractivity contribution in [3.8, 4) is 0 Å². The largest absolute Gasteiger partial charge is 0.470 e. The van der Waals surface area contributed by atoms with Gasteiger partial charge in [0.25, 0.3) is 5.69 Å². The Morgan fingerprint density at radius 3 is 2.95 bits per heavy atom. The van der Waals surface area contributed by atoms with Gasteiger partial charge in [-0.1, -0.05) is 6.07 Å². The molecule has 110 valence electrons. The summed E-state index contributed by atoms with van der Waals surface area (Å²) in [7, 11) is 0. The molecular weight excluding hydrogens is 280 g/mol. The van der Waals surface area contributed by atoms with Crippen LogP contribution in [-0.4, -0.2) is 29.9 Å². The van der Waals surface area contributed by atoms with Crippen LogP contribution in [0, 0.1) is 10.1 Å². The Morgan fingerprint density at radius 2 is 2.29 bits per heavy atom. The third-order valence-electron chi connectivity index (χ3n) is 2.65. The minimum absolute atomic E-state index is 0.0565. The third kappa shape index (κ3) is 3.16. The van der Waals surface area contributed by atoms with E-state index in [9.17, 15) is 19.7 Å². The topological polar surface area (TPSA) is 108 Å². The summed E-state index contributed by atoms with van der Waals surface area (Å²) in [5.74, 6) is -1.34. The Labute approximate surface area is 119 Å². The summed E-state index contributed by atoms with van der Waals surface area (Å²) < 4.78 is 9.88. The molecule has 0 saturated carbocycles. The second-order valence-electron chi connectivity index (χ2n) is 4.07. The molecule has 21 heavy (non-hydrogen) atoms. The lowest BCUT2D eigenvalue weighted by Crippen LogP contribution is -2.16. The van der Waals surface area contributed by atoms with Crippen LogP contribution in [0.1, 0.15) is 6.92 Å². The Hall–Kier alpha value is -2.90. The second kappa shape index (κ2) is 6.04. The molecule has 8 heteroatoms. The first-order valence-electron chi connectivity index (χ1n) is 6.11. The molecule has 0 saturated heterocycles. The number of hydrogen-bond acceptors (Lipinski definition) is 7. The van der Waals surface area contributed by atoms with Gasteiger partial charge < -0.3 is 14.8 Å². The molecule has 0 aromatic heterocycles. The van der Waals surface area contributed by atoms with Crippen molar-refractivity contribution in [3.63, 3.8) is 0 Å². The van der Waals surface area contributed by atoms with E-state index in [0.29, 0.717) is 5.69 Å². The molecule has 1 aliphatic heterocycles. The van der Waals surface area contributed by atoms with Crippen molar-refractivity contribution >= 4 is 23.1 Å². The van der Waals surface area contributed by atoms with Crippen LogP contribution in [0.3, 0.4) is 0 Å². The number of carbonyl (C=O) groups excluding carboxylic acids is 2. The number of nitro benzene ring substituents is 1. The predicted octanol–water partition coefficient (Wildman–Crippen LogP) is 1.38. The van der Waals surface area contributed by atoms with Gasteiger partial charge in [-0.25, -0.2) is 4.79 Å². The molecular formula is C13H12N2O6. The summed E-state index contributed by atoms with van der Waals surface area (Å²) in [6, 6.07) is 5.62. The number of ketones is 1. The molecule has 1 heterocycles. The van der Waals surface area contributed by atoms with E-state index in [4.69, 9.17) is 9.47 Å². The average Bonchev–Trinajstić information content (AvgIpc) is 2.80. The summed E-state index contributed by atoms with van der Waals surface area (Å²) in [5, 5.41) is 13.4. The number of rotatable bonds is 5. The first-order valence-corrected chi connectivity index (χ1v) is 6.11. The SMILES string of the molecule is CCOC(=O)C1=C(Nc2cccc([N+](=O)[O-])c2)OCC1=O. The lowest BCUT2D eigenvalue weighted by molar-refractivity contribution is -0.384. The zero-order valence-corrected chi connectivity index (χ0v) is 11.1. The molecule has 0 radical (unpaired) electrons. The Bertz CT molecular complexity index is 637. The summed E-state index contributed by atoms with van der Waals surface area (Å²) in [5.41, 5.74) is -0.0123. The molecule has 0 fully saturated rings. The monoisotopic (exact) mass is 292 g/mol. The zero-order chi connectivity index (χ0) is 15.4. The van der Waals surface area contributed by atoms with Crippen LogP contribution in [0.15, 0.2) is 35.7 Å². The van der Waals surface area contributed by atoms with Crippen LogP contribution < -0.4 is 5.32 Å². The summed E-state index contributed by atoms with van der Waals surface area (Å²) in [4.78, 5) is 33.5. The minimum Gasteiger partial charge on any atom is -0.470 e. The number of ether oxygens (including phenoxy) is 2. The maximum atomic E-state index is 11.7. The van der Waals surface area contributed by atoms with Gasteiger partial charge in [0.15, 0.2) is 12.2 Å². The van der Waals surface area contributed by atoms with Gasteiger partial charge in [-0.2, -0.15) is 0 Å². The average molecular weight is 292 g/mol. The molecule has 1 N–H and O–H groups in total. The molecule has 1 aliphatic rings. The van der Waals surface area contributed by atoms with Crippen molar-refractivity contribution in [2.45, 2.75) is 6.92 Å². The van der Waals surface area contributed by atoms with Gasteiger partial charge in [0.05, 0.1) is 11.5 Å². The molecule has 0 amide bonds. The first kappa shape index (κ1) is 14.5. The van der Waals surface area contributed by atoms with Crippen LogP contribution >= 0.6 is 0 Å². The number of nitro groups is 1. The third-order valence-corrected chi connectivity index (χ3v) is 2.65. The van der Waals surface area contributed by atoms with E-state index < -0.39 is 16.7 Å². The van der Waals surface area contributed by atoms with E-state index in [-0.39, 0.29) is 30.4 Å². The summed E-state index contributed by atoms with van der Waals surface area (Å²) in [6.45, 7) is 1.47. The van der Waals surface area contributed by atoms with E-state index in [0.717, 1.165) is 0 Å². The molecule has 1 aromatic carbocycles. The van der Waals surface area contributed by atoms with Crippen molar-refractivity contribution < 1.29 is 24.0 Å². The zero-order valence-electron chi connectivity index (χ0n) is 11.1. The normalized spacial score (nSPS) is 13.9. The van der Waals surface area contributed by atoms with E-state index >= 15 is 0 Å². The lowest BCUT2D eigenvalue weighted by Gasteiger charge is -2.08. The first-order chi connectivity index (χ1) is 10.0. The lowest BCUT2D eigenvalue weighted by atomic mass is 10.2. The van der Waals surface area contributed by atoms with Crippen LogP contribution in [-0.2, 0) is 19.1 Å². The van der Waals surface area contributed by atoms with E-state index in [2.05, 4.69) is 5.32 Å². The maximum absolute atomic E-state index is 11.7. The number of benzene rings is 1. The highest BCUT2D eigenvalue weighted by molar-refractivity contribution is 6.19. The van der Waals surface area contributed by atoms with Gasteiger partial charge in [0, 0.05) is 17.8 Å². The number of anilines is 1. The fourth-order valence-electron chi connectivity index (χ4n) is 1.75. The summed E-state index contributed by atoms with van der Waals surface area (Å²) >= 11 is 0. The molecule has 0 atom stereocenters. The fourth-order valence-corrected chi connectivity index (χ4v) is 1.75. The highest BCUT2D eigenvalue weighted by Gasteiger charge is 2.32. The number of nitrogens with zero attached hydrogens (tertiary/aromatic N) is 1. The smallest absolute Gasteiger partial charge is 0.347 e. The Morgan fingerprint density at radius 1 is 1.52 bits per heavy atom. The highest BCUT2D eigenvalue weighted by atomic mass is 16.6. The molecule has 0 bridgehead atoms. The number of non-ortho nitro benzene ring substituents is 1. The van der Waals surface area contributed by atoms with Crippen LogP contribution in [0.5, 0.6) is 0 Å². The van der Waals surface area contributed by atoms with Gasteiger partial charge in [0.1, 0.15) is 0 Å². The molecule has 0 aliphatic carbocycles. The molecule has 1 aromatic rings. The van der Waals surface area contributed by atoms with Crippen LogP contribution in [0.4, 0.5) is 11.4 Å². The number of esters is 1. The van der Waals surface area contributed by atoms with Crippen molar-refractivity contribution in [2.75, 3.05) is 18.5 Å². The van der Waals surface area contributed by atoms with Crippen LogP contribution in [0.2, 0.25) is 0 Å². The second-order valence-corrected chi connectivity index (χ2v) is 4.07. The van der Waals surface area contributed by atoms with Crippen LogP contribution in [0.25, 0.3) is 0 Å². The van der Waals surface area contributed by atoms with Gasteiger partial charge >= 0.3 is 5.97 Å². The van der Waals surface area contributed by atoms with Gasteiger partial charge in [-0.15, -0.1) is 0 Å². The Kier molecular flexibility index (Phi) is 4.17. The van der Waals surface area contributed by atoms with E-state index in [1.54, 1.807) is 13.0 Å². The van der Waals surface area contributed by atoms with Crippen molar-refractivity contribution in [1.82, 2.24) is 0 Å². The molecule has 2 rings (SSSR count). The number of carbonyl (C=O) groups is 2. The van der Waals surface area contributed by atoms with Crippen molar-refractivity contribution in [2.24, 2.45) is 0 Å². The molecule has 0 unspecified atom stereocenters. The fraction of sp³-hybridized carbons (Fsp3) is 0.231. The van der Waals surface area contributed by atoms with Crippen molar-refractivity contribution in [1.29, 1.82) is 0 Å². The van der Waals surface area contributed by atoms with E-state index in [1.807, 2.05) is 0 Å². The number of hydrogen-bond donors (Lipinski definition) is 1. The Balaban J connectivity index is 2.28. The predicted molar refractivity (Wildman–Crippen MR) is 71.3 cm³/mol. The van der Waals surface area contributed by atoms with Gasteiger partial charge in [-0.3, -0.25) is 14.9 Å². The molecule has 0 spiro atoms. The van der Waals surface area contributed by atoms with Crippen molar-refractivity contribution in [3.05, 3.63) is 45.8 Å². The standard InChI is InChI=1S/C13H12N2O6/c1-2-20-13(17)11-10(16)7-21-12(11)14-8-4-3-5-9(6-8)15(18)19/h3-6,14H,2,7H2,1H3. The van der Waals surface area contributed by atoms with E-state index in [1.165, 1.54) is 18.2 Å². The number of Topliss-reactive ketones (excluding diaryl/α,β-unsaturated/α-hetero) is 1. The number of nitrogens with one attached hydrogen (secondary N) is 1.